The van der Waals surface area contributed by atoms with Gasteiger partial charge >= 0.3 is 0 Å². The van der Waals surface area contributed by atoms with Crippen LogP contribution in [0.2, 0.25) is 0 Å². The minimum Gasteiger partial charge on any atom is -0.497 e. The first-order valence-corrected chi connectivity index (χ1v) is 12.1. The van der Waals surface area contributed by atoms with Gasteiger partial charge in [-0.2, -0.15) is 0 Å². The van der Waals surface area contributed by atoms with Gasteiger partial charge in [0.2, 0.25) is 5.91 Å². The van der Waals surface area contributed by atoms with Gasteiger partial charge in [-0.05, 0) is 72.8 Å². The first-order valence-electron chi connectivity index (χ1n) is 10.9. The third-order valence-electron chi connectivity index (χ3n) is 5.42. The van der Waals surface area contributed by atoms with Gasteiger partial charge in [0.05, 0.1) is 25.6 Å². The maximum Gasteiger partial charge on any atom is 0.225 e. The molecule has 180 valence electrons. The number of nitrogens with one attached hydrogen (secondary N) is 2. The van der Waals surface area contributed by atoms with E-state index in [1.807, 2.05) is 30.5 Å². The summed E-state index contributed by atoms with van der Waals surface area (Å²) >= 11 is 1.48. The van der Waals surface area contributed by atoms with Gasteiger partial charge in [-0.1, -0.05) is 11.8 Å². The molecule has 4 aromatic rings. The summed E-state index contributed by atoms with van der Waals surface area (Å²) in [6.45, 7) is 0. The molecule has 2 N–H and O–H groups in total. The van der Waals surface area contributed by atoms with Crippen molar-refractivity contribution < 1.29 is 18.7 Å². The summed E-state index contributed by atoms with van der Waals surface area (Å²) in [5, 5.41) is 3.59. The summed E-state index contributed by atoms with van der Waals surface area (Å²) < 4.78 is 24.1. The molecule has 2 aromatic carbocycles. The molecule has 0 spiro atoms. The second-order valence-corrected chi connectivity index (χ2v) is 8.43. The van der Waals surface area contributed by atoms with Crippen LogP contribution in [0.3, 0.4) is 0 Å². The zero-order valence-corrected chi connectivity index (χ0v) is 20.4. The maximum atomic E-state index is 13.4. The lowest BCUT2D eigenvalue weighted by atomic mass is 10.1. The maximum absolute atomic E-state index is 13.4. The van der Waals surface area contributed by atoms with Crippen LogP contribution in [-0.4, -0.2) is 41.3 Å². The van der Waals surface area contributed by atoms with E-state index in [2.05, 4.69) is 20.3 Å². The van der Waals surface area contributed by atoms with Gasteiger partial charge < -0.3 is 19.8 Å². The van der Waals surface area contributed by atoms with Crippen LogP contribution in [-0.2, 0) is 11.2 Å². The predicted octanol–water partition coefficient (Wildman–Crippen LogP) is 5.59. The van der Waals surface area contributed by atoms with Crippen LogP contribution in [0.25, 0.3) is 22.5 Å². The summed E-state index contributed by atoms with van der Waals surface area (Å²) in [4.78, 5) is 24.9. The van der Waals surface area contributed by atoms with Crippen molar-refractivity contribution in [2.24, 2.45) is 0 Å². The van der Waals surface area contributed by atoms with Gasteiger partial charge in [-0.15, -0.1) is 0 Å². The Labute approximate surface area is 207 Å². The average molecular weight is 493 g/mol. The first kappa shape index (κ1) is 24.3. The highest BCUT2D eigenvalue weighted by atomic mass is 32.2. The number of methoxy groups -OCH3 is 2. The second-order valence-electron chi connectivity index (χ2n) is 7.63. The van der Waals surface area contributed by atoms with Crippen molar-refractivity contribution in [2.75, 3.05) is 25.8 Å². The largest absolute Gasteiger partial charge is 0.497 e. The number of halogens is 1. The smallest absolute Gasteiger partial charge is 0.225 e. The minimum absolute atomic E-state index is 0.176. The molecule has 0 unspecified atom stereocenters. The lowest BCUT2D eigenvalue weighted by Crippen LogP contribution is -2.13. The number of hydrogen-bond donors (Lipinski definition) is 2. The van der Waals surface area contributed by atoms with Crippen molar-refractivity contribution in [2.45, 2.75) is 18.0 Å². The minimum atomic E-state index is -0.305. The van der Waals surface area contributed by atoms with E-state index in [9.17, 15) is 9.18 Å². The van der Waals surface area contributed by atoms with E-state index in [1.54, 1.807) is 38.6 Å². The van der Waals surface area contributed by atoms with E-state index in [1.165, 1.54) is 23.9 Å². The number of amides is 1. The third kappa shape index (κ3) is 5.81. The standard InChI is InChI=1S/C26H25FN4O3S/c1-33-20-9-10-21(34-2)17(14-20)6-11-23(32)29-22-15-18(12-13-28-22)25-24(30-26(31-25)35-3)16-4-7-19(27)8-5-16/h4-5,7-10,12-15H,6,11H2,1-3H3,(H,30,31)(H,28,29,32). The molecule has 1 amide bonds. The van der Waals surface area contributed by atoms with Crippen LogP contribution in [0.15, 0.2) is 66.0 Å². The lowest BCUT2D eigenvalue weighted by Gasteiger charge is -2.11. The Morgan fingerprint density at radius 3 is 2.57 bits per heavy atom. The number of benzene rings is 2. The summed E-state index contributed by atoms with van der Waals surface area (Å²) in [7, 11) is 3.19. The number of anilines is 1. The van der Waals surface area contributed by atoms with Crippen LogP contribution < -0.4 is 14.8 Å². The Morgan fingerprint density at radius 2 is 1.86 bits per heavy atom. The highest BCUT2D eigenvalue weighted by Gasteiger charge is 2.16. The normalized spacial score (nSPS) is 10.7. The average Bonchev–Trinajstić information content (AvgIpc) is 3.32. The number of pyridine rings is 1. The number of H-pyrrole nitrogens is 1. The number of ether oxygens (including phenoxy) is 2. The Kier molecular flexibility index (Phi) is 7.67. The van der Waals surface area contributed by atoms with Crippen LogP contribution in [0.1, 0.15) is 12.0 Å². The Balaban J connectivity index is 1.52. The van der Waals surface area contributed by atoms with Gasteiger partial charge in [-0.25, -0.2) is 14.4 Å². The van der Waals surface area contributed by atoms with Crippen LogP contribution in [0, 0.1) is 5.82 Å². The van der Waals surface area contributed by atoms with E-state index in [4.69, 9.17) is 9.47 Å². The molecular formula is C26H25FN4O3S. The summed E-state index contributed by atoms with van der Waals surface area (Å²) in [6, 6.07) is 15.3. The topological polar surface area (TPSA) is 89.1 Å². The molecule has 0 aliphatic rings. The Bertz CT molecular complexity index is 1320. The monoisotopic (exact) mass is 492 g/mol. The van der Waals surface area contributed by atoms with Crippen molar-refractivity contribution in [1.29, 1.82) is 0 Å². The SMILES string of the molecule is COc1ccc(OC)c(CCC(=O)Nc2cc(-c3nc(SC)[nH]c3-c3ccc(F)cc3)ccn2)c1. The molecule has 0 aliphatic heterocycles. The van der Waals surface area contributed by atoms with Gasteiger partial charge in [0.15, 0.2) is 5.16 Å². The van der Waals surface area contributed by atoms with E-state index in [0.717, 1.165) is 27.5 Å². The fourth-order valence-electron chi connectivity index (χ4n) is 3.66. The fourth-order valence-corrected chi connectivity index (χ4v) is 4.05. The number of aromatic amines is 1. The first-order chi connectivity index (χ1) is 17.0. The number of imidazole rings is 1. The molecule has 35 heavy (non-hydrogen) atoms. The van der Waals surface area contributed by atoms with Crippen molar-refractivity contribution >= 4 is 23.5 Å². The number of hydrogen-bond acceptors (Lipinski definition) is 6. The van der Waals surface area contributed by atoms with Gasteiger partial charge in [0.1, 0.15) is 23.1 Å². The molecule has 0 atom stereocenters. The highest BCUT2D eigenvalue weighted by molar-refractivity contribution is 7.98. The second kappa shape index (κ2) is 11.1. The summed E-state index contributed by atoms with van der Waals surface area (Å²) in [5.74, 6) is 1.35. The number of aryl methyl sites for hydroxylation is 1. The highest BCUT2D eigenvalue weighted by Crippen LogP contribution is 2.33. The quantitative estimate of drug-likeness (QED) is 0.296. The molecular weight excluding hydrogens is 467 g/mol. The van der Waals surface area contributed by atoms with Crippen molar-refractivity contribution in [3.63, 3.8) is 0 Å². The molecule has 0 saturated heterocycles. The number of nitrogens with zero attached hydrogens (tertiary/aromatic N) is 2. The number of thioether (sulfide) groups is 1. The van der Waals surface area contributed by atoms with E-state index >= 15 is 0 Å². The number of rotatable bonds is 9. The number of carbonyl (C=O) groups is 1. The summed E-state index contributed by atoms with van der Waals surface area (Å²) in [5.41, 5.74) is 3.93. The van der Waals surface area contributed by atoms with Crippen molar-refractivity contribution in [1.82, 2.24) is 15.0 Å². The fraction of sp³-hybridized carbons (Fsp3) is 0.192. The van der Waals surface area contributed by atoms with Gasteiger partial charge in [-0.3, -0.25) is 4.79 Å². The molecule has 0 radical (unpaired) electrons. The Morgan fingerprint density at radius 1 is 1.06 bits per heavy atom. The molecule has 2 aromatic heterocycles. The zero-order chi connectivity index (χ0) is 24.8. The molecule has 7 nitrogen and oxygen atoms in total. The van der Waals surface area contributed by atoms with E-state index in [0.29, 0.717) is 29.4 Å². The molecule has 2 heterocycles. The van der Waals surface area contributed by atoms with Crippen LogP contribution >= 0.6 is 11.8 Å². The van der Waals surface area contributed by atoms with Crippen LogP contribution in [0.4, 0.5) is 10.2 Å². The summed E-state index contributed by atoms with van der Waals surface area (Å²) in [6.07, 6.45) is 4.27. The van der Waals surface area contributed by atoms with E-state index in [-0.39, 0.29) is 18.1 Å². The van der Waals surface area contributed by atoms with Crippen molar-refractivity contribution in [3.8, 4) is 34.0 Å². The molecule has 0 fully saturated rings. The van der Waals surface area contributed by atoms with Gasteiger partial charge in [0.25, 0.3) is 0 Å². The van der Waals surface area contributed by atoms with Crippen molar-refractivity contribution in [3.05, 3.63) is 72.2 Å². The predicted molar refractivity (Wildman–Crippen MR) is 135 cm³/mol. The molecule has 0 bridgehead atoms. The Hall–Kier alpha value is -3.85. The number of carbonyl (C=O) groups excluding carboxylic acids is 1. The van der Waals surface area contributed by atoms with Gasteiger partial charge in [0, 0.05) is 23.7 Å². The lowest BCUT2D eigenvalue weighted by molar-refractivity contribution is -0.116. The molecule has 4 rings (SSSR count). The number of aromatic nitrogens is 3. The molecule has 0 saturated carbocycles. The van der Waals surface area contributed by atoms with Crippen LogP contribution in [0.5, 0.6) is 11.5 Å². The zero-order valence-electron chi connectivity index (χ0n) is 19.6. The third-order valence-corrected chi connectivity index (χ3v) is 6.00. The van der Waals surface area contributed by atoms with E-state index < -0.39 is 0 Å². The molecule has 0 aliphatic carbocycles. The molecule has 9 heteroatoms.